The Balaban J connectivity index is 2.04. The van der Waals surface area contributed by atoms with Gasteiger partial charge < -0.3 is 14.7 Å². The molecule has 1 aromatic rings. The number of carboxylic acids is 1. The van der Waals surface area contributed by atoms with Gasteiger partial charge in [0.05, 0.1) is 13.2 Å². The quantitative estimate of drug-likeness (QED) is 0.806. The fourth-order valence-corrected chi connectivity index (χ4v) is 1.79. The van der Waals surface area contributed by atoms with E-state index in [9.17, 15) is 4.79 Å². The molecule has 17 heavy (non-hydrogen) atoms. The van der Waals surface area contributed by atoms with Gasteiger partial charge in [0.25, 0.3) is 0 Å². The van der Waals surface area contributed by atoms with Crippen molar-refractivity contribution in [1.29, 1.82) is 0 Å². The van der Waals surface area contributed by atoms with Crippen molar-refractivity contribution < 1.29 is 14.6 Å². The van der Waals surface area contributed by atoms with Crippen LogP contribution in [0.5, 0.6) is 0 Å². The molecule has 1 N–H and O–H groups in total. The average Bonchev–Trinajstić information content (AvgIpc) is 2.38. The number of morpholine rings is 1. The lowest BCUT2D eigenvalue weighted by atomic mass is 10.2. The molecule has 0 unspecified atom stereocenters. The second kappa shape index (κ2) is 5.50. The number of benzene rings is 1. The maximum Gasteiger partial charge on any atom is 0.328 e. The molecule has 1 heterocycles. The minimum absolute atomic E-state index is 0.765. The molecular formula is C13H15NO3. The second-order valence-electron chi connectivity index (χ2n) is 3.86. The first-order valence-corrected chi connectivity index (χ1v) is 5.59. The van der Waals surface area contributed by atoms with E-state index in [0.717, 1.165) is 43.6 Å². The van der Waals surface area contributed by atoms with Crippen molar-refractivity contribution in [3.05, 3.63) is 35.9 Å². The van der Waals surface area contributed by atoms with E-state index in [-0.39, 0.29) is 0 Å². The standard InChI is InChI=1S/C13H15NO3/c15-13(16)6-3-11-1-4-12(5-2-11)14-7-9-17-10-8-14/h1-6H,7-10H2,(H,15,16)/b6-3-. The van der Waals surface area contributed by atoms with Crippen LogP contribution in [0.2, 0.25) is 0 Å². The fraction of sp³-hybridized carbons (Fsp3) is 0.308. The third kappa shape index (κ3) is 3.32. The van der Waals surface area contributed by atoms with Crippen molar-refractivity contribution in [2.24, 2.45) is 0 Å². The summed E-state index contributed by atoms with van der Waals surface area (Å²) in [6.45, 7) is 3.34. The number of ether oxygens (including phenoxy) is 1. The number of anilines is 1. The highest BCUT2D eigenvalue weighted by Crippen LogP contribution is 2.17. The minimum Gasteiger partial charge on any atom is -0.478 e. The number of carboxylic acid groups (broad SMARTS) is 1. The Bertz CT molecular complexity index is 405. The molecule has 1 saturated heterocycles. The predicted octanol–water partition coefficient (Wildman–Crippen LogP) is 1.62. The maximum atomic E-state index is 10.4. The molecule has 1 aromatic carbocycles. The number of hydrogen-bond donors (Lipinski definition) is 1. The summed E-state index contributed by atoms with van der Waals surface area (Å²) in [6, 6.07) is 7.86. The van der Waals surface area contributed by atoms with Gasteiger partial charge in [-0.2, -0.15) is 0 Å². The van der Waals surface area contributed by atoms with Crippen molar-refractivity contribution in [1.82, 2.24) is 0 Å². The first-order valence-electron chi connectivity index (χ1n) is 5.59. The Kier molecular flexibility index (Phi) is 3.77. The first-order chi connectivity index (χ1) is 8.25. The molecule has 0 spiro atoms. The lowest BCUT2D eigenvalue weighted by Gasteiger charge is -2.28. The van der Waals surface area contributed by atoms with Crippen molar-refractivity contribution in [3.63, 3.8) is 0 Å². The highest BCUT2D eigenvalue weighted by Gasteiger charge is 2.10. The highest BCUT2D eigenvalue weighted by atomic mass is 16.5. The van der Waals surface area contributed by atoms with Crippen LogP contribution in [0.3, 0.4) is 0 Å². The van der Waals surface area contributed by atoms with E-state index in [1.54, 1.807) is 6.08 Å². The molecule has 0 saturated carbocycles. The van der Waals surface area contributed by atoms with E-state index >= 15 is 0 Å². The average molecular weight is 233 g/mol. The van der Waals surface area contributed by atoms with E-state index < -0.39 is 5.97 Å². The van der Waals surface area contributed by atoms with Gasteiger partial charge in [-0.1, -0.05) is 12.1 Å². The molecule has 0 radical (unpaired) electrons. The molecule has 0 aliphatic carbocycles. The Morgan fingerprint density at radius 1 is 1.24 bits per heavy atom. The van der Waals surface area contributed by atoms with Crippen molar-refractivity contribution >= 4 is 17.7 Å². The molecule has 1 aliphatic rings. The van der Waals surface area contributed by atoms with Crippen LogP contribution < -0.4 is 4.90 Å². The van der Waals surface area contributed by atoms with Crippen molar-refractivity contribution in [2.75, 3.05) is 31.2 Å². The summed E-state index contributed by atoms with van der Waals surface area (Å²) < 4.78 is 5.29. The molecule has 90 valence electrons. The molecule has 4 nitrogen and oxygen atoms in total. The number of nitrogens with zero attached hydrogens (tertiary/aromatic N) is 1. The van der Waals surface area contributed by atoms with Gasteiger partial charge in [-0.25, -0.2) is 4.79 Å². The minimum atomic E-state index is -0.928. The highest BCUT2D eigenvalue weighted by molar-refractivity contribution is 5.85. The van der Waals surface area contributed by atoms with Crippen LogP contribution in [0.25, 0.3) is 6.08 Å². The molecular weight excluding hydrogens is 218 g/mol. The molecule has 1 aliphatic heterocycles. The van der Waals surface area contributed by atoms with Gasteiger partial charge in [-0.15, -0.1) is 0 Å². The topological polar surface area (TPSA) is 49.8 Å². The van der Waals surface area contributed by atoms with Gasteiger partial charge in [-0.05, 0) is 23.8 Å². The molecule has 4 heteroatoms. The molecule has 2 rings (SSSR count). The van der Waals surface area contributed by atoms with Gasteiger partial charge in [0.2, 0.25) is 0 Å². The van der Waals surface area contributed by atoms with Crippen LogP contribution >= 0.6 is 0 Å². The van der Waals surface area contributed by atoms with Crippen LogP contribution in [0.15, 0.2) is 30.3 Å². The maximum absolute atomic E-state index is 10.4. The second-order valence-corrected chi connectivity index (χ2v) is 3.86. The monoisotopic (exact) mass is 233 g/mol. The van der Waals surface area contributed by atoms with Gasteiger partial charge in [0.1, 0.15) is 0 Å². The van der Waals surface area contributed by atoms with Crippen LogP contribution in [0, 0.1) is 0 Å². The van der Waals surface area contributed by atoms with Gasteiger partial charge in [0, 0.05) is 24.9 Å². The van der Waals surface area contributed by atoms with Gasteiger partial charge >= 0.3 is 5.97 Å². The van der Waals surface area contributed by atoms with E-state index in [1.165, 1.54) is 0 Å². The molecule has 0 amide bonds. The van der Waals surface area contributed by atoms with Crippen molar-refractivity contribution in [2.45, 2.75) is 0 Å². The molecule has 0 atom stereocenters. The van der Waals surface area contributed by atoms with E-state index in [2.05, 4.69) is 4.90 Å². The third-order valence-corrected chi connectivity index (χ3v) is 2.69. The lowest BCUT2D eigenvalue weighted by molar-refractivity contribution is -0.131. The van der Waals surface area contributed by atoms with E-state index in [1.807, 2.05) is 24.3 Å². The number of carbonyl (C=O) groups is 1. The Morgan fingerprint density at radius 3 is 2.47 bits per heavy atom. The number of hydrogen-bond acceptors (Lipinski definition) is 3. The third-order valence-electron chi connectivity index (χ3n) is 2.69. The zero-order chi connectivity index (χ0) is 12.1. The summed E-state index contributed by atoms with van der Waals surface area (Å²) in [5.74, 6) is -0.928. The van der Waals surface area contributed by atoms with E-state index in [0.29, 0.717) is 0 Å². The van der Waals surface area contributed by atoms with E-state index in [4.69, 9.17) is 9.84 Å². The van der Waals surface area contributed by atoms with Crippen LogP contribution in [0.4, 0.5) is 5.69 Å². The zero-order valence-electron chi connectivity index (χ0n) is 9.50. The summed E-state index contributed by atoms with van der Waals surface area (Å²) in [5.41, 5.74) is 2.05. The lowest BCUT2D eigenvalue weighted by Crippen LogP contribution is -2.36. The summed E-state index contributed by atoms with van der Waals surface area (Å²) in [6.07, 6.45) is 2.73. The summed E-state index contributed by atoms with van der Waals surface area (Å²) in [7, 11) is 0. The SMILES string of the molecule is O=C(O)/C=C\c1ccc(N2CCOCC2)cc1. The van der Waals surface area contributed by atoms with Crippen LogP contribution in [0.1, 0.15) is 5.56 Å². The Labute approximate surface area is 100 Å². The van der Waals surface area contributed by atoms with Gasteiger partial charge in [0.15, 0.2) is 0 Å². The molecule has 0 aromatic heterocycles. The smallest absolute Gasteiger partial charge is 0.328 e. The van der Waals surface area contributed by atoms with Crippen LogP contribution in [-0.4, -0.2) is 37.4 Å². The largest absolute Gasteiger partial charge is 0.478 e. The predicted molar refractivity (Wildman–Crippen MR) is 66.1 cm³/mol. The van der Waals surface area contributed by atoms with Crippen molar-refractivity contribution in [3.8, 4) is 0 Å². The normalized spacial score (nSPS) is 16.4. The molecule has 0 bridgehead atoms. The summed E-state index contributed by atoms with van der Waals surface area (Å²) in [4.78, 5) is 12.6. The number of aliphatic carboxylic acids is 1. The zero-order valence-corrected chi connectivity index (χ0v) is 9.50. The Hall–Kier alpha value is -1.81. The summed E-state index contributed by atoms with van der Waals surface area (Å²) >= 11 is 0. The first kappa shape index (κ1) is 11.7. The number of rotatable bonds is 3. The summed E-state index contributed by atoms with van der Waals surface area (Å²) in [5, 5.41) is 8.52. The Morgan fingerprint density at radius 2 is 1.88 bits per heavy atom. The molecule has 1 fully saturated rings. The van der Waals surface area contributed by atoms with Crippen LogP contribution in [-0.2, 0) is 9.53 Å². The fourth-order valence-electron chi connectivity index (χ4n) is 1.79. The van der Waals surface area contributed by atoms with Gasteiger partial charge in [-0.3, -0.25) is 0 Å².